The normalized spacial score (nSPS) is 10.7. The van der Waals surface area contributed by atoms with Crippen molar-refractivity contribution in [2.24, 2.45) is 0 Å². The number of hydrogen-bond acceptors (Lipinski definition) is 3. The summed E-state index contributed by atoms with van der Waals surface area (Å²) < 4.78 is 5.45. The van der Waals surface area contributed by atoms with Gasteiger partial charge in [0.25, 0.3) is 11.8 Å². The molecule has 2 amide bonds. The van der Waals surface area contributed by atoms with Crippen molar-refractivity contribution in [2.45, 2.75) is 0 Å². The van der Waals surface area contributed by atoms with Gasteiger partial charge in [-0.25, -0.2) is 0 Å². The number of nitrogens with one attached hydrogen (secondary N) is 2. The molecule has 0 aliphatic heterocycles. The van der Waals surface area contributed by atoms with Crippen molar-refractivity contribution in [3.05, 3.63) is 83.4 Å². The van der Waals surface area contributed by atoms with Crippen LogP contribution in [0.5, 0.6) is 5.75 Å². The van der Waals surface area contributed by atoms with Crippen LogP contribution >= 0.6 is 11.6 Å². The molecule has 3 rings (SSSR count). The van der Waals surface area contributed by atoms with Crippen molar-refractivity contribution in [2.75, 3.05) is 6.61 Å². The lowest BCUT2D eigenvalue weighted by Crippen LogP contribution is -2.43. The fraction of sp³-hybridized carbons (Fsp3) is 0.0476. The summed E-state index contributed by atoms with van der Waals surface area (Å²) in [5, 5.41) is 2.74. The molecule has 0 saturated carbocycles. The number of benzene rings is 3. The monoisotopic (exact) mass is 380 g/mol. The van der Waals surface area contributed by atoms with Gasteiger partial charge in [0.05, 0.1) is 0 Å². The molecule has 6 heteroatoms. The highest BCUT2D eigenvalue weighted by atomic mass is 35.5. The maximum absolute atomic E-state index is 11.8. The van der Waals surface area contributed by atoms with Gasteiger partial charge in [0, 0.05) is 11.1 Å². The Morgan fingerprint density at radius 3 is 2.44 bits per heavy atom. The number of hydrazine groups is 1. The van der Waals surface area contributed by atoms with Gasteiger partial charge in [0.15, 0.2) is 6.61 Å². The van der Waals surface area contributed by atoms with Gasteiger partial charge in [-0.15, -0.1) is 0 Å². The van der Waals surface area contributed by atoms with Gasteiger partial charge in [-0.05, 0) is 46.7 Å². The molecule has 2 N–H and O–H groups in total. The summed E-state index contributed by atoms with van der Waals surface area (Å²) in [7, 11) is 0. The van der Waals surface area contributed by atoms with E-state index in [1.54, 1.807) is 36.4 Å². The molecule has 0 spiro atoms. The molecular formula is C21H17ClN2O3. The van der Waals surface area contributed by atoms with E-state index < -0.39 is 11.8 Å². The zero-order valence-corrected chi connectivity index (χ0v) is 15.1. The van der Waals surface area contributed by atoms with E-state index in [1.807, 2.05) is 36.4 Å². The predicted molar refractivity (Wildman–Crippen MR) is 106 cm³/mol. The fourth-order valence-corrected chi connectivity index (χ4v) is 2.49. The fourth-order valence-electron chi connectivity index (χ4n) is 2.36. The molecule has 0 unspecified atom stereocenters. The van der Waals surface area contributed by atoms with E-state index in [1.165, 1.54) is 6.08 Å². The van der Waals surface area contributed by atoms with Crippen LogP contribution in [0.2, 0.25) is 5.02 Å². The molecule has 0 atom stereocenters. The Hall–Kier alpha value is -3.31. The highest BCUT2D eigenvalue weighted by Crippen LogP contribution is 2.20. The van der Waals surface area contributed by atoms with Gasteiger partial charge in [-0.1, -0.05) is 54.1 Å². The molecule has 3 aromatic rings. The van der Waals surface area contributed by atoms with Crippen molar-refractivity contribution < 1.29 is 14.3 Å². The van der Waals surface area contributed by atoms with Gasteiger partial charge < -0.3 is 4.74 Å². The van der Waals surface area contributed by atoms with E-state index >= 15 is 0 Å². The first-order valence-corrected chi connectivity index (χ1v) is 8.62. The molecule has 136 valence electrons. The molecule has 5 nitrogen and oxygen atoms in total. The minimum atomic E-state index is -0.462. The summed E-state index contributed by atoms with van der Waals surface area (Å²) in [6.45, 7) is -0.209. The second-order valence-electron chi connectivity index (χ2n) is 5.72. The van der Waals surface area contributed by atoms with Crippen LogP contribution < -0.4 is 15.6 Å². The van der Waals surface area contributed by atoms with E-state index in [4.69, 9.17) is 16.3 Å². The summed E-state index contributed by atoms with van der Waals surface area (Å²) in [4.78, 5) is 23.5. The van der Waals surface area contributed by atoms with Crippen molar-refractivity contribution in [3.8, 4) is 5.75 Å². The van der Waals surface area contributed by atoms with Gasteiger partial charge in [-0.3, -0.25) is 20.4 Å². The zero-order valence-electron chi connectivity index (χ0n) is 14.3. The summed E-state index contributed by atoms with van der Waals surface area (Å²) in [5.74, 6) is -0.335. The standard InChI is InChI=1S/C21H17ClN2O3/c22-18-9-5-15(6-10-18)7-12-20(25)23-24-21(26)14-27-19-11-8-16-3-1-2-4-17(16)13-19/h1-13H,14H2,(H,23,25)(H,24,26)/b12-7+. The largest absolute Gasteiger partial charge is 0.484 e. The number of carbonyl (C=O) groups is 2. The molecule has 0 radical (unpaired) electrons. The van der Waals surface area contributed by atoms with E-state index in [-0.39, 0.29) is 6.61 Å². The number of hydrogen-bond donors (Lipinski definition) is 2. The third-order valence-corrected chi connectivity index (χ3v) is 3.97. The molecule has 0 heterocycles. The van der Waals surface area contributed by atoms with E-state index in [0.29, 0.717) is 10.8 Å². The lowest BCUT2D eigenvalue weighted by molar-refractivity contribution is -0.128. The number of halogens is 1. The topological polar surface area (TPSA) is 67.4 Å². The Morgan fingerprint density at radius 2 is 1.67 bits per heavy atom. The van der Waals surface area contributed by atoms with Crippen LogP contribution in [0.15, 0.2) is 72.8 Å². The van der Waals surface area contributed by atoms with Crippen LogP contribution in [0.1, 0.15) is 5.56 Å². The third-order valence-electron chi connectivity index (χ3n) is 3.71. The highest BCUT2D eigenvalue weighted by Gasteiger charge is 2.04. The second kappa shape index (κ2) is 8.87. The predicted octanol–water partition coefficient (Wildman–Crippen LogP) is 3.73. The van der Waals surface area contributed by atoms with Gasteiger partial charge in [0.2, 0.25) is 0 Å². The number of rotatable bonds is 5. The van der Waals surface area contributed by atoms with Crippen LogP contribution in [0.4, 0.5) is 0 Å². The molecule has 0 saturated heterocycles. The zero-order chi connectivity index (χ0) is 19.1. The van der Waals surface area contributed by atoms with Crippen molar-refractivity contribution in [3.63, 3.8) is 0 Å². The first kappa shape index (κ1) is 18.5. The second-order valence-corrected chi connectivity index (χ2v) is 6.16. The summed E-state index contributed by atoms with van der Waals surface area (Å²) in [6, 6.07) is 20.5. The molecule has 27 heavy (non-hydrogen) atoms. The van der Waals surface area contributed by atoms with Gasteiger partial charge >= 0.3 is 0 Å². The lowest BCUT2D eigenvalue weighted by Gasteiger charge is -2.08. The Labute approximate surface area is 161 Å². The van der Waals surface area contributed by atoms with Crippen molar-refractivity contribution in [1.29, 1.82) is 0 Å². The molecule has 0 aliphatic carbocycles. The first-order valence-electron chi connectivity index (χ1n) is 8.24. The van der Waals surface area contributed by atoms with Crippen molar-refractivity contribution in [1.82, 2.24) is 10.9 Å². The van der Waals surface area contributed by atoms with E-state index in [2.05, 4.69) is 10.9 Å². The SMILES string of the molecule is O=C(/C=C/c1ccc(Cl)cc1)NNC(=O)COc1ccc2ccccc2c1. The van der Waals surface area contributed by atoms with Crippen LogP contribution in [-0.2, 0) is 9.59 Å². The number of amides is 2. The quantitative estimate of drug-likeness (QED) is 0.523. The Balaban J connectivity index is 1.44. The van der Waals surface area contributed by atoms with E-state index in [0.717, 1.165) is 16.3 Å². The maximum Gasteiger partial charge on any atom is 0.276 e. The average Bonchev–Trinajstić information content (AvgIpc) is 2.70. The minimum Gasteiger partial charge on any atom is -0.484 e. The highest BCUT2D eigenvalue weighted by molar-refractivity contribution is 6.30. The lowest BCUT2D eigenvalue weighted by atomic mass is 10.1. The molecule has 0 aromatic heterocycles. The molecule has 0 fully saturated rings. The molecule has 0 aliphatic rings. The number of ether oxygens (including phenoxy) is 1. The number of fused-ring (bicyclic) bond motifs is 1. The third kappa shape index (κ3) is 5.59. The Kier molecular flexibility index (Phi) is 6.07. The van der Waals surface area contributed by atoms with E-state index in [9.17, 15) is 9.59 Å². The van der Waals surface area contributed by atoms with Crippen LogP contribution in [-0.4, -0.2) is 18.4 Å². The van der Waals surface area contributed by atoms with Crippen molar-refractivity contribution >= 4 is 40.3 Å². The summed E-state index contributed by atoms with van der Waals surface area (Å²) in [5.41, 5.74) is 5.42. The average molecular weight is 381 g/mol. The smallest absolute Gasteiger partial charge is 0.276 e. The van der Waals surface area contributed by atoms with Crippen LogP contribution in [0, 0.1) is 0 Å². The van der Waals surface area contributed by atoms with Crippen LogP contribution in [0.25, 0.3) is 16.8 Å². The molecule has 0 bridgehead atoms. The molecular weight excluding hydrogens is 364 g/mol. The Morgan fingerprint density at radius 1 is 0.926 bits per heavy atom. The summed E-state index contributed by atoms with van der Waals surface area (Å²) in [6.07, 6.45) is 2.93. The minimum absolute atomic E-state index is 0.209. The maximum atomic E-state index is 11.8. The van der Waals surface area contributed by atoms with Crippen LogP contribution in [0.3, 0.4) is 0 Å². The van der Waals surface area contributed by atoms with Gasteiger partial charge in [0.1, 0.15) is 5.75 Å². The summed E-state index contributed by atoms with van der Waals surface area (Å²) >= 11 is 5.80. The van der Waals surface area contributed by atoms with Gasteiger partial charge in [-0.2, -0.15) is 0 Å². The Bertz CT molecular complexity index is 984. The molecule has 3 aromatic carbocycles. The first-order chi connectivity index (χ1) is 13.1. The number of carbonyl (C=O) groups excluding carboxylic acids is 2.